The van der Waals surface area contributed by atoms with E-state index in [1.54, 1.807) is 7.11 Å². The highest BCUT2D eigenvalue weighted by molar-refractivity contribution is 5.80. The van der Waals surface area contributed by atoms with E-state index in [1.807, 2.05) is 7.05 Å². The molecule has 0 bridgehead atoms. The maximum Gasteiger partial charge on any atom is 0.193 e. The summed E-state index contributed by atoms with van der Waals surface area (Å²) < 4.78 is 5.30. The Morgan fingerprint density at radius 3 is 2.39 bits per heavy atom. The summed E-state index contributed by atoms with van der Waals surface area (Å²) in [5.74, 6) is 1.61. The van der Waals surface area contributed by atoms with Crippen LogP contribution in [0.15, 0.2) is 29.3 Å². The molecule has 0 saturated carbocycles. The van der Waals surface area contributed by atoms with Crippen molar-refractivity contribution >= 4 is 5.96 Å². The molecule has 28 heavy (non-hydrogen) atoms. The number of hydrogen-bond donors (Lipinski definition) is 1. The van der Waals surface area contributed by atoms with E-state index >= 15 is 0 Å². The van der Waals surface area contributed by atoms with Gasteiger partial charge in [0.05, 0.1) is 6.61 Å². The number of hydrogen-bond acceptors (Lipinski definition) is 4. The van der Waals surface area contributed by atoms with Gasteiger partial charge in [0.15, 0.2) is 5.96 Å². The normalized spacial score (nSPS) is 22.0. The van der Waals surface area contributed by atoms with Crippen molar-refractivity contribution in [3.8, 4) is 0 Å². The molecule has 2 saturated heterocycles. The molecule has 3 rings (SSSR count). The number of aliphatic imine (C=N–C) groups is 1. The number of methoxy groups -OCH3 is 1. The molecule has 1 aromatic rings. The summed E-state index contributed by atoms with van der Waals surface area (Å²) in [5, 5.41) is 3.52. The molecule has 1 N–H and O–H groups in total. The van der Waals surface area contributed by atoms with Crippen molar-refractivity contribution in [2.24, 2.45) is 10.9 Å². The van der Waals surface area contributed by atoms with Gasteiger partial charge in [0, 0.05) is 72.4 Å². The van der Waals surface area contributed by atoms with Gasteiger partial charge in [0.2, 0.25) is 0 Å². The van der Waals surface area contributed by atoms with Crippen molar-refractivity contribution < 1.29 is 4.74 Å². The molecule has 1 aromatic carbocycles. The summed E-state index contributed by atoms with van der Waals surface area (Å²) in [6.07, 6.45) is 1.18. The molecule has 6 heteroatoms. The van der Waals surface area contributed by atoms with Gasteiger partial charge in [0.25, 0.3) is 0 Å². The number of ether oxygens (including phenoxy) is 1. The Hall–Kier alpha value is -1.63. The summed E-state index contributed by atoms with van der Waals surface area (Å²) in [5.41, 5.74) is 2.70. The molecule has 0 spiro atoms. The molecule has 1 atom stereocenters. The van der Waals surface area contributed by atoms with Gasteiger partial charge in [-0.05, 0) is 24.1 Å². The molecule has 0 radical (unpaired) electrons. The Morgan fingerprint density at radius 1 is 1.07 bits per heavy atom. The zero-order valence-electron chi connectivity index (χ0n) is 17.9. The van der Waals surface area contributed by atoms with E-state index in [1.165, 1.54) is 50.3 Å². The van der Waals surface area contributed by atoms with Crippen molar-refractivity contribution in [2.45, 2.75) is 26.4 Å². The van der Waals surface area contributed by atoms with Crippen molar-refractivity contribution in [3.63, 3.8) is 0 Å². The van der Waals surface area contributed by atoms with Crippen molar-refractivity contribution in [3.05, 3.63) is 35.4 Å². The summed E-state index contributed by atoms with van der Waals surface area (Å²) in [6.45, 7) is 12.9. The predicted molar refractivity (Wildman–Crippen MR) is 116 cm³/mol. The fraction of sp³-hybridized carbons (Fsp3) is 0.682. The third kappa shape index (κ3) is 5.93. The lowest BCUT2D eigenvalue weighted by atomic mass is 10.1. The number of likely N-dealkylation sites (N-methyl/N-ethyl adjacent to an activating group) is 1. The van der Waals surface area contributed by atoms with Crippen molar-refractivity contribution in [1.29, 1.82) is 0 Å². The number of guanidine groups is 1. The van der Waals surface area contributed by atoms with Crippen LogP contribution in [0, 0.1) is 5.92 Å². The zero-order chi connectivity index (χ0) is 19.8. The Balaban J connectivity index is 1.44. The molecule has 156 valence electrons. The summed E-state index contributed by atoms with van der Waals surface area (Å²) >= 11 is 0. The standard InChI is InChI=1S/C22H37N5O/c1-4-25-11-13-26(14-12-25)16-20-7-5-19(6-8-20)15-24-22(23-2)27-10-9-21(17-27)18-28-3/h5-8,21H,4,9-18H2,1-3H3,(H,23,24). The van der Waals surface area contributed by atoms with Crippen LogP contribution in [0.25, 0.3) is 0 Å². The molecular formula is C22H37N5O. The summed E-state index contributed by atoms with van der Waals surface area (Å²) in [7, 11) is 3.65. The largest absolute Gasteiger partial charge is 0.384 e. The van der Waals surface area contributed by atoms with Crippen LogP contribution in [0.2, 0.25) is 0 Å². The number of rotatable bonds is 7. The van der Waals surface area contributed by atoms with Crippen LogP contribution in [-0.4, -0.2) is 87.2 Å². The topological polar surface area (TPSA) is 43.3 Å². The van der Waals surface area contributed by atoms with Crippen LogP contribution < -0.4 is 5.32 Å². The SMILES string of the molecule is CCN1CCN(Cc2ccc(CNC(=NC)N3CCC(COC)C3)cc2)CC1. The lowest BCUT2D eigenvalue weighted by Crippen LogP contribution is -2.45. The van der Waals surface area contributed by atoms with E-state index in [4.69, 9.17) is 4.74 Å². The fourth-order valence-corrected chi connectivity index (χ4v) is 4.19. The average molecular weight is 388 g/mol. The monoisotopic (exact) mass is 387 g/mol. The molecule has 6 nitrogen and oxygen atoms in total. The quantitative estimate of drug-likeness (QED) is 0.572. The average Bonchev–Trinajstić information content (AvgIpc) is 3.19. The number of piperazine rings is 1. The van der Waals surface area contributed by atoms with E-state index in [9.17, 15) is 0 Å². The second kappa shape index (κ2) is 10.8. The first kappa shape index (κ1) is 21.1. The molecule has 2 aliphatic heterocycles. The first-order chi connectivity index (χ1) is 13.7. The molecule has 2 aliphatic rings. The second-order valence-corrected chi connectivity index (χ2v) is 7.98. The molecule has 0 aromatic heterocycles. The highest BCUT2D eigenvalue weighted by Crippen LogP contribution is 2.16. The van der Waals surface area contributed by atoms with Crippen LogP contribution in [0.1, 0.15) is 24.5 Å². The Labute approximate surface area is 170 Å². The third-order valence-corrected chi connectivity index (χ3v) is 5.99. The van der Waals surface area contributed by atoms with Crippen LogP contribution in [0.3, 0.4) is 0 Å². The van der Waals surface area contributed by atoms with Gasteiger partial charge in [-0.3, -0.25) is 9.89 Å². The van der Waals surface area contributed by atoms with Crippen LogP contribution in [-0.2, 0) is 17.8 Å². The first-order valence-corrected chi connectivity index (χ1v) is 10.7. The van der Waals surface area contributed by atoms with Gasteiger partial charge < -0.3 is 19.9 Å². The van der Waals surface area contributed by atoms with Gasteiger partial charge in [-0.2, -0.15) is 0 Å². The minimum atomic E-state index is 0.613. The van der Waals surface area contributed by atoms with Crippen molar-refractivity contribution in [1.82, 2.24) is 20.0 Å². The summed E-state index contributed by atoms with van der Waals surface area (Å²) in [6, 6.07) is 9.04. The van der Waals surface area contributed by atoms with E-state index in [2.05, 4.69) is 56.2 Å². The first-order valence-electron chi connectivity index (χ1n) is 10.7. The van der Waals surface area contributed by atoms with Gasteiger partial charge in [-0.15, -0.1) is 0 Å². The zero-order valence-corrected chi connectivity index (χ0v) is 17.9. The number of nitrogens with zero attached hydrogens (tertiary/aromatic N) is 4. The van der Waals surface area contributed by atoms with Crippen LogP contribution in [0.4, 0.5) is 0 Å². The van der Waals surface area contributed by atoms with Gasteiger partial charge in [0.1, 0.15) is 0 Å². The molecule has 0 aliphatic carbocycles. The van der Waals surface area contributed by atoms with Crippen LogP contribution >= 0.6 is 0 Å². The molecule has 1 unspecified atom stereocenters. The maximum absolute atomic E-state index is 5.30. The smallest absolute Gasteiger partial charge is 0.193 e. The highest BCUT2D eigenvalue weighted by Gasteiger charge is 2.24. The lowest BCUT2D eigenvalue weighted by Gasteiger charge is -2.34. The van der Waals surface area contributed by atoms with Gasteiger partial charge >= 0.3 is 0 Å². The minimum Gasteiger partial charge on any atom is -0.384 e. The lowest BCUT2D eigenvalue weighted by molar-refractivity contribution is 0.132. The fourth-order valence-electron chi connectivity index (χ4n) is 4.19. The second-order valence-electron chi connectivity index (χ2n) is 7.98. The summed E-state index contributed by atoms with van der Waals surface area (Å²) in [4.78, 5) is 11.9. The molecular weight excluding hydrogens is 350 g/mol. The van der Waals surface area contributed by atoms with Gasteiger partial charge in [-0.25, -0.2) is 0 Å². The molecule has 2 heterocycles. The Bertz CT molecular complexity index is 610. The number of nitrogens with one attached hydrogen (secondary N) is 1. The van der Waals surface area contributed by atoms with Crippen molar-refractivity contribution in [2.75, 3.05) is 66.6 Å². The maximum atomic E-state index is 5.30. The van der Waals surface area contributed by atoms with Crippen LogP contribution in [0.5, 0.6) is 0 Å². The highest BCUT2D eigenvalue weighted by atomic mass is 16.5. The predicted octanol–water partition coefficient (Wildman–Crippen LogP) is 1.87. The minimum absolute atomic E-state index is 0.613. The van der Waals surface area contributed by atoms with Gasteiger partial charge in [-0.1, -0.05) is 31.2 Å². The van der Waals surface area contributed by atoms with E-state index in [0.717, 1.165) is 38.7 Å². The molecule has 2 fully saturated rings. The van der Waals surface area contributed by atoms with E-state index < -0.39 is 0 Å². The Morgan fingerprint density at radius 2 is 1.75 bits per heavy atom. The van der Waals surface area contributed by atoms with E-state index in [0.29, 0.717) is 5.92 Å². The Kier molecular flexibility index (Phi) is 8.13. The van der Waals surface area contributed by atoms with E-state index in [-0.39, 0.29) is 0 Å². The molecule has 0 amide bonds. The third-order valence-electron chi connectivity index (χ3n) is 5.99. The number of likely N-dealkylation sites (tertiary alicyclic amines) is 1. The number of benzene rings is 1.